The summed E-state index contributed by atoms with van der Waals surface area (Å²) in [5, 5.41) is 5.67. The van der Waals surface area contributed by atoms with Crippen LogP contribution in [0.25, 0.3) is 10.8 Å². The first-order valence-corrected chi connectivity index (χ1v) is 9.30. The maximum absolute atomic E-state index is 11.7. The molecule has 1 fully saturated rings. The fourth-order valence-electron chi connectivity index (χ4n) is 2.68. The third-order valence-electron chi connectivity index (χ3n) is 3.64. The van der Waals surface area contributed by atoms with E-state index in [1.54, 1.807) is 0 Å². The maximum atomic E-state index is 11.7. The molecule has 1 saturated heterocycles. The molecular weight excluding hydrogens is 338 g/mol. The molecular formula is C15H16BrNO2S. The Balaban J connectivity index is 1.82. The second-order valence-corrected chi connectivity index (χ2v) is 8.45. The molecule has 1 aliphatic heterocycles. The second kappa shape index (κ2) is 5.37. The van der Waals surface area contributed by atoms with Crippen LogP contribution in [0.2, 0.25) is 0 Å². The molecule has 1 N–H and O–H groups in total. The van der Waals surface area contributed by atoms with Crippen molar-refractivity contribution in [3.05, 3.63) is 40.9 Å². The minimum Gasteiger partial charge on any atom is -0.381 e. The third kappa shape index (κ3) is 3.15. The highest BCUT2D eigenvalue weighted by atomic mass is 79.9. The molecule has 3 rings (SSSR count). The highest BCUT2D eigenvalue weighted by Crippen LogP contribution is 2.24. The number of nitrogens with one attached hydrogen (secondary N) is 1. The van der Waals surface area contributed by atoms with Gasteiger partial charge in [0, 0.05) is 16.2 Å². The molecule has 3 nitrogen and oxygen atoms in total. The number of hydrogen-bond acceptors (Lipinski definition) is 3. The highest BCUT2D eigenvalue weighted by molar-refractivity contribution is 9.10. The lowest BCUT2D eigenvalue weighted by Crippen LogP contribution is -2.34. The standard InChI is InChI=1S/C15H16BrNO2S/c16-13-5-3-12-9-14(6-4-11(12)8-13)17-15-2-1-7-20(18,19)10-15/h3-6,8-9,15,17H,1-2,7,10H2. The predicted octanol–water partition coefficient (Wildman–Crippen LogP) is 3.59. The Bertz CT molecular complexity index is 743. The molecule has 0 amide bonds. The Morgan fingerprint density at radius 2 is 1.85 bits per heavy atom. The van der Waals surface area contributed by atoms with E-state index in [0.29, 0.717) is 5.75 Å². The van der Waals surface area contributed by atoms with E-state index in [4.69, 9.17) is 0 Å². The van der Waals surface area contributed by atoms with Crippen molar-refractivity contribution >= 4 is 42.2 Å². The number of benzene rings is 2. The van der Waals surface area contributed by atoms with Gasteiger partial charge in [-0.25, -0.2) is 8.42 Å². The van der Waals surface area contributed by atoms with Crippen LogP contribution < -0.4 is 5.32 Å². The Morgan fingerprint density at radius 1 is 1.10 bits per heavy atom. The molecule has 1 heterocycles. The van der Waals surface area contributed by atoms with E-state index in [9.17, 15) is 8.42 Å². The van der Waals surface area contributed by atoms with E-state index in [1.807, 2.05) is 12.1 Å². The van der Waals surface area contributed by atoms with E-state index >= 15 is 0 Å². The van der Waals surface area contributed by atoms with Crippen LogP contribution in [0, 0.1) is 0 Å². The summed E-state index contributed by atoms with van der Waals surface area (Å²) in [5.41, 5.74) is 0.988. The fraction of sp³-hybridized carbons (Fsp3) is 0.333. The first-order chi connectivity index (χ1) is 9.52. The molecule has 0 spiro atoms. The summed E-state index contributed by atoms with van der Waals surface area (Å²) in [6.45, 7) is 0. The van der Waals surface area contributed by atoms with Gasteiger partial charge in [-0.2, -0.15) is 0 Å². The molecule has 0 saturated carbocycles. The van der Waals surface area contributed by atoms with Crippen molar-refractivity contribution in [2.45, 2.75) is 18.9 Å². The van der Waals surface area contributed by atoms with Crippen molar-refractivity contribution < 1.29 is 8.42 Å². The first kappa shape index (κ1) is 13.9. The summed E-state index contributed by atoms with van der Waals surface area (Å²) in [5.74, 6) is 0.572. The van der Waals surface area contributed by atoms with Crippen LogP contribution in [-0.4, -0.2) is 26.0 Å². The summed E-state index contributed by atoms with van der Waals surface area (Å²) in [6, 6.07) is 12.3. The third-order valence-corrected chi connectivity index (χ3v) is 5.95. The van der Waals surface area contributed by atoms with Gasteiger partial charge in [-0.05, 0) is 47.9 Å². The van der Waals surface area contributed by atoms with E-state index < -0.39 is 9.84 Å². The highest BCUT2D eigenvalue weighted by Gasteiger charge is 2.24. The Labute approximate surface area is 127 Å². The maximum Gasteiger partial charge on any atom is 0.152 e. The van der Waals surface area contributed by atoms with E-state index in [1.165, 1.54) is 5.39 Å². The van der Waals surface area contributed by atoms with Gasteiger partial charge in [-0.3, -0.25) is 0 Å². The van der Waals surface area contributed by atoms with Gasteiger partial charge in [0.2, 0.25) is 0 Å². The summed E-state index contributed by atoms with van der Waals surface area (Å²) in [4.78, 5) is 0. The van der Waals surface area contributed by atoms with Gasteiger partial charge >= 0.3 is 0 Å². The van der Waals surface area contributed by atoms with Crippen molar-refractivity contribution in [1.29, 1.82) is 0 Å². The van der Waals surface area contributed by atoms with Gasteiger partial charge in [0.15, 0.2) is 9.84 Å². The molecule has 0 bridgehead atoms. The Kier molecular flexibility index (Phi) is 3.73. The van der Waals surface area contributed by atoms with Crippen molar-refractivity contribution in [3.63, 3.8) is 0 Å². The van der Waals surface area contributed by atoms with Crippen LogP contribution in [0.4, 0.5) is 5.69 Å². The van der Waals surface area contributed by atoms with Gasteiger partial charge in [0.05, 0.1) is 11.5 Å². The van der Waals surface area contributed by atoms with Gasteiger partial charge in [-0.1, -0.05) is 28.1 Å². The average Bonchev–Trinajstić information content (AvgIpc) is 2.38. The smallest absolute Gasteiger partial charge is 0.152 e. The zero-order valence-electron chi connectivity index (χ0n) is 11.0. The Hall–Kier alpha value is -1.07. The summed E-state index contributed by atoms with van der Waals surface area (Å²) in [7, 11) is -2.87. The predicted molar refractivity (Wildman–Crippen MR) is 86.9 cm³/mol. The number of halogens is 1. The van der Waals surface area contributed by atoms with Gasteiger partial charge < -0.3 is 5.32 Å². The average molecular weight is 354 g/mol. The van der Waals surface area contributed by atoms with Gasteiger partial charge in [0.1, 0.15) is 0 Å². The molecule has 2 aromatic rings. The lowest BCUT2D eigenvalue weighted by Gasteiger charge is -2.24. The van der Waals surface area contributed by atoms with E-state index in [2.05, 4.69) is 45.5 Å². The summed E-state index contributed by atoms with van der Waals surface area (Å²) < 4.78 is 24.4. The molecule has 1 unspecified atom stereocenters. The summed E-state index contributed by atoms with van der Waals surface area (Å²) >= 11 is 3.46. The zero-order valence-corrected chi connectivity index (χ0v) is 13.4. The minimum atomic E-state index is -2.87. The molecule has 0 aromatic heterocycles. The van der Waals surface area contributed by atoms with Crippen molar-refractivity contribution in [2.24, 2.45) is 0 Å². The Morgan fingerprint density at radius 3 is 2.65 bits per heavy atom. The van der Waals surface area contributed by atoms with E-state index in [0.717, 1.165) is 28.4 Å². The van der Waals surface area contributed by atoms with Gasteiger partial charge in [0.25, 0.3) is 0 Å². The topological polar surface area (TPSA) is 46.2 Å². The lowest BCUT2D eigenvalue weighted by molar-refractivity contribution is 0.562. The molecule has 2 aromatic carbocycles. The molecule has 20 heavy (non-hydrogen) atoms. The molecule has 1 aliphatic rings. The number of anilines is 1. The molecule has 106 valence electrons. The van der Waals surface area contributed by atoms with Crippen molar-refractivity contribution in [1.82, 2.24) is 0 Å². The van der Waals surface area contributed by atoms with Crippen molar-refractivity contribution in [2.75, 3.05) is 16.8 Å². The number of hydrogen-bond donors (Lipinski definition) is 1. The van der Waals surface area contributed by atoms with Crippen molar-refractivity contribution in [3.8, 4) is 0 Å². The van der Waals surface area contributed by atoms with Crippen LogP contribution in [0.1, 0.15) is 12.8 Å². The quantitative estimate of drug-likeness (QED) is 0.897. The molecule has 0 aliphatic carbocycles. The SMILES string of the molecule is O=S1(=O)CCCC(Nc2ccc3cc(Br)ccc3c2)C1. The lowest BCUT2D eigenvalue weighted by atomic mass is 10.1. The number of fused-ring (bicyclic) bond motifs is 1. The van der Waals surface area contributed by atoms with Crippen LogP contribution in [-0.2, 0) is 9.84 Å². The molecule has 0 radical (unpaired) electrons. The van der Waals surface area contributed by atoms with Crippen LogP contribution >= 0.6 is 15.9 Å². The van der Waals surface area contributed by atoms with Gasteiger partial charge in [-0.15, -0.1) is 0 Å². The van der Waals surface area contributed by atoms with Crippen LogP contribution in [0.15, 0.2) is 40.9 Å². The van der Waals surface area contributed by atoms with E-state index in [-0.39, 0.29) is 11.8 Å². The summed E-state index contributed by atoms with van der Waals surface area (Å²) in [6.07, 6.45) is 1.66. The van der Waals surface area contributed by atoms with Crippen LogP contribution in [0.3, 0.4) is 0 Å². The zero-order chi connectivity index (χ0) is 14.2. The molecule has 5 heteroatoms. The minimum absolute atomic E-state index is 0.0293. The second-order valence-electron chi connectivity index (χ2n) is 5.30. The largest absolute Gasteiger partial charge is 0.381 e. The normalized spacial score (nSPS) is 21.8. The van der Waals surface area contributed by atoms with Crippen LogP contribution in [0.5, 0.6) is 0 Å². The fourth-order valence-corrected chi connectivity index (χ4v) is 4.69. The number of rotatable bonds is 2. The first-order valence-electron chi connectivity index (χ1n) is 6.68. The molecule has 1 atom stereocenters. The number of sulfone groups is 1. The monoisotopic (exact) mass is 353 g/mol.